The molecule has 1 aliphatic rings. The molecule has 0 bridgehead atoms. The number of halogens is 5. The molecule has 0 atom stereocenters. The summed E-state index contributed by atoms with van der Waals surface area (Å²) in [6.07, 6.45) is -1.79. The largest absolute Gasteiger partial charge is 0.417 e. The van der Waals surface area contributed by atoms with Crippen LogP contribution < -0.4 is 5.32 Å². The monoisotopic (exact) mass is 413 g/mol. The Labute approximate surface area is 131 Å². The molecule has 0 spiro atoms. The lowest BCUT2D eigenvalue weighted by Gasteiger charge is -2.41. The minimum Gasteiger partial charge on any atom is -0.346 e. The number of benzene rings is 1. The van der Waals surface area contributed by atoms with E-state index in [0.717, 1.165) is 25.3 Å². The van der Waals surface area contributed by atoms with Gasteiger partial charge in [0.1, 0.15) is 0 Å². The van der Waals surface area contributed by atoms with Crippen LogP contribution in [0.4, 0.5) is 13.2 Å². The van der Waals surface area contributed by atoms with E-state index in [9.17, 15) is 18.0 Å². The first-order chi connectivity index (χ1) is 9.27. The predicted octanol–water partition coefficient (Wildman–Crippen LogP) is 4.52. The molecule has 0 aromatic heterocycles. The molecule has 0 heterocycles. The van der Waals surface area contributed by atoms with Gasteiger partial charge in [-0.05, 0) is 37.5 Å². The number of rotatable bonds is 3. The van der Waals surface area contributed by atoms with Gasteiger partial charge in [0.2, 0.25) is 0 Å². The van der Waals surface area contributed by atoms with Crippen molar-refractivity contribution in [2.45, 2.75) is 31.0 Å². The van der Waals surface area contributed by atoms with Crippen molar-refractivity contribution < 1.29 is 18.0 Å². The molecule has 1 fully saturated rings. The van der Waals surface area contributed by atoms with Gasteiger partial charge < -0.3 is 5.32 Å². The van der Waals surface area contributed by atoms with E-state index in [0.29, 0.717) is 5.33 Å². The van der Waals surface area contributed by atoms with Crippen LogP contribution in [0.15, 0.2) is 22.7 Å². The third-order valence-corrected chi connectivity index (χ3v) is 5.24. The smallest absolute Gasteiger partial charge is 0.346 e. The lowest BCUT2D eigenvalue weighted by Crippen LogP contribution is -2.54. The summed E-state index contributed by atoms with van der Waals surface area (Å²) in [5.41, 5.74) is -1.14. The van der Waals surface area contributed by atoms with Crippen molar-refractivity contribution in [3.63, 3.8) is 0 Å². The first-order valence-electron chi connectivity index (χ1n) is 6.03. The first kappa shape index (κ1) is 15.8. The van der Waals surface area contributed by atoms with Crippen LogP contribution in [0.25, 0.3) is 0 Å². The molecular weight excluding hydrogens is 403 g/mol. The van der Waals surface area contributed by atoms with Gasteiger partial charge in [-0.1, -0.05) is 31.9 Å². The van der Waals surface area contributed by atoms with Gasteiger partial charge in [-0.15, -0.1) is 0 Å². The fourth-order valence-corrected chi connectivity index (χ4v) is 3.26. The second-order valence-electron chi connectivity index (χ2n) is 4.91. The molecule has 0 saturated heterocycles. The number of amides is 1. The molecule has 0 radical (unpaired) electrons. The maximum absolute atomic E-state index is 12.8. The summed E-state index contributed by atoms with van der Waals surface area (Å²) in [5.74, 6) is -0.470. The van der Waals surface area contributed by atoms with Gasteiger partial charge in [0.05, 0.1) is 11.1 Å². The first-order valence-corrected chi connectivity index (χ1v) is 7.94. The van der Waals surface area contributed by atoms with Crippen molar-refractivity contribution in [2.24, 2.45) is 0 Å². The third-order valence-electron chi connectivity index (χ3n) is 3.48. The van der Waals surface area contributed by atoms with Crippen molar-refractivity contribution in [3.8, 4) is 0 Å². The van der Waals surface area contributed by atoms with E-state index in [2.05, 4.69) is 37.2 Å². The maximum Gasteiger partial charge on any atom is 0.417 e. The fourth-order valence-electron chi connectivity index (χ4n) is 2.09. The Hall–Kier alpha value is -0.560. The number of hydrogen-bond donors (Lipinski definition) is 1. The Bertz CT molecular complexity index is 521. The van der Waals surface area contributed by atoms with E-state index in [1.807, 2.05) is 0 Å². The number of nitrogens with one attached hydrogen (secondary N) is 1. The molecule has 20 heavy (non-hydrogen) atoms. The quantitative estimate of drug-likeness (QED) is 0.724. The Morgan fingerprint density at radius 3 is 2.45 bits per heavy atom. The minimum atomic E-state index is -4.49. The Morgan fingerprint density at radius 1 is 1.35 bits per heavy atom. The molecule has 1 aromatic rings. The molecule has 1 saturated carbocycles. The molecule has 7 heteroatoms. The van der Waals surface area contributed by atoms with Crippen LogP contribution in [-0.4, -0.2) is 16.8 Å². The van der Waals surface area contributed by atoms with Crippen LogP contribution in [0.1, 0.15) is 35.2 Å². The highest BCUT2D eigenvalue weighted by molar-refractivity contribution is 9.10. The van der Waals surface area contributed by atoms with Gasteiger partial charge in [0.15, 0.2) is 0 Å². The van der Waals surface area contributed by atoms with Gasteiger partial charge in [-0.3, -0.25) is 4.79 Å². The van der Waals surface area contributed by atoms with Gasteiger partial charge in [0.25, 0.3) is 5.91 Å². The summed E-state index contributed by atoms with van der Waals surface area (Å²) in [4.78, 5) is 12.1. The molecule has 0 unspecified atom stereocenters. The van der Waals surface area contributed by atoms with E-state index in [1.54, 1.807) is 0 Å². The summed E-state index contributed by atoms with van der Waals surface area (Å²) in [5, 5.41) is 3.43. The van der Waals surface area contributed by atoms with E-state index < -0.39 is 17.6 Å². The zero-order valence-electron chi connectivity index (χ0n) is 10.4. The summed E-state index contributed by atoms with van der Waals surface area (Å²) in [6.45, 7) is 0. The number of carbonyl (C=O) groups is 1. The zero-order chi connectivity index (χ0) is 15.0. The van der Waals surface area contributed by atoms with Crippen LogP contribution in [0.2, 0.25) is 0 Å². The second-order valence-corrected chi connectivity index (χ2v) is 6.33. The summed E-state index contributed by atoms with van der Waals surface area (Å²) >= 11 is 6.20. The van der Waals surface area contributed by atoms with Crippen molar-refractivity contribution >= 4 is 37.8 Å². The Morgan fingerprint density at radius 2 is 2.00 bits per heavy atom. The Balaban J connectivity index is 2.23. The maximum atomic E-state index is 12.8. The molecule has 1 N–H and O–H groups in total. The molecule has 1 amide bonds. The molecule has 2 rings (SSSR count). The highest BCUT2D eigenvalue weighted by atomic mass is 79.9. The molecule has 2 nitrogen and oxygen atoms in total. The van der Waals surface area contributed by atoms with Crippen molar-refractivity contribution in [1.29, 1.82) is 0 Å². The van der Waals surface area contributed by atoms with Gasteiger partial charge >= 0.3 is 6.18 Å². The van der Waals surface area contributed by atoms with Crippen molar-refractivity contribution in [2.75, 3.05) is 5.33 Å². The van der Waals surface area contributed by atoms with Crippen LogP contribution in [0.3, 0.4) is 0 Å². The fraction of sp³-hybridized carbons (Fsp3) is 0.462. The molecular formula is C13H12Br2F3NO. The number of carbonyl (C=O) groups excluding carboxylic acids is 1. The molecule has 1 aromatic carbocycles. The van der Waals surface area contributed by atoms with Crippen molar-refractivity contribution in [3.05, 3.63) is 33.8 Å². The molecule has 110 valence electrons. The van der Waals surface area contributed by atoms with E-state index in [1.165, 1.54) is 12.1 Å². The van der Waals surface area contributed by atoms with E-state index in [-0.39, 0.29) is 15.6 Å². The normalized spacial score (nSPS) is 17.4. The van der Waals surface area contributed by atoms with Gasteiger partial charge in [-0.25, -0.2) is 0 Å². The Kier molecular flexibility index (Phi) is 4.49. The lowest BCUT2D eigenvalue weighted by molar-refractivity contribution is -0.138. The van der Waals surface area contributed by atoms with Crippen LogP contribution >= 0.6 is 31.9 Å². The average molecular weight is 415 g/mol. The standard InChI is InChI=1S/C13H12Br2F3NO/c14-7-12(4-1-5-12)19-11(20)8-2-3-10(15)9(6-8)13(16,17)18/h2-3,6H,1,4-5,7H2,(H,19,20). The predicted molar refractivity (Wildman–Crippen MR) is 77.0 cm³/mol. The SMILES string of the molecule is O=C(NC1(CBr)CCC1)c1ccc(Br)c(C(F)(F)F)c1. The lowest BCUT2D eigenvalue weighted by atomic mass is 9.78. The summed E-state index contributed by atoms with van der Waals surface area (Å²) < 4.78 is 38.3. The average Bonchev–Trinajstić information content (AvgIpc) is 2.32. The van der Waals surface area contributed by atoms with Gasteiger partial charge in [-0.2, -0.15) is 13.2 Å². The highest BCUT2D eigenvalue weighted by Crippen LogP contribution is 2.36. The number of hydrogen-bond acceptors (Lipinski definition) is 1. The highest BCUT2D eigenvalue weighted by Gasteiger charge is 2.38. The molecule has 0 aliphatic heterocycles. The second kappa shape index (κ2) is 5.67. The van der Waals surface area contributed by atoms with Crippen LogP contribution in [0.5, 0.6) is 0 Å². The molecule has 1 aliphatic carbocycles. The zero-order valence-corrected chi connectivity index (χ0v) is 13.5. The van der Waals surface area contributed by atoms with Crippen molar-refractivity contribution in [1.82, 2.24) is 5.32 Å². The summed E-state index contributed by atoms with van der Waals surface area (Å²) in [7, 11) is 0. The topological polar surface area (TPSA) is 29.1 Å². The van der Waals surface area contributed by atoms with E-state index in [4.69, 9.17) is 0 Å². The third kappa shape index (κ3) is 3.19. The van der Waals surface area contributed by atoms with Crippen LogP contribution in [0, 0.1) is 0 Å². The van der Waals surface area contributed by atoms with Crippen LogP contribution in [-0.2, 0) is 6.18 Å². The van der Waals surface area contributed by atoms with Gasteiger partial charge in [0, 0.05) is 15.4 Å². The summed E-state index contributed by atoms with van der Waals surface area (Å²) in [6, 6.07) is 3.51. The van der Waals surface area contributed by atoms with E-state index >= 15 is 0 Å². The number of alkyl halides is 4. The minimum absolute atomic E-state index is 0.0211.